The molecular weight excluding hydrogens is 278 g/mol. The molecule has 114 valence electrons. The molecule has 0 atom stereocenters. The number of rotatable bonds is 5. The lowest BCUT2D eigenvalue weighted by Crippen LogP contribution is -2.16. The Morgan fingerprint density at radius 2 is 1.91 bits per heavy atom. The van der Waals surface area contributed by atoms with Crippen LogP contribution in [0.15, 0.2) is 30.5 Å². The molecule has 22 heavy (non-hydrogen) atoms. The molecule has 1 fully saturated rings. The Morgan fingerprint density at radius 1 is 1.18 bits per heavy atom. The monoisotopic (exact) mass is 297 g/mol. The zero-order valence-corrected chi connectivity index (χ0v) is 12.5. The Morgan fingerprint density at radius 3 is 2.59 bits per heavy atom. The lowest BCUT2D eigenvalue weighted by molar-refractivity contribution is 0.101. The molecule has 1 aliphatic rings. The second kappa shape index (κ2) is 6.51. The van der Waals surface area contributed by atoms with E-state index in [2.05, 4.69) is 25.8 Å². The van der Waals surface area contributed by atoms with Crippen LogP contribution in [0, 0.1) is 0 Å². The summed E-state index contributed by atoms with van der Waals surface area (Å²) in [6.45, 7) is 1.55. The van der Waals surface area contributed by atoms with Gasteiger partial charge in [-0.2, -0.15) is 10.1 Å². The molecule has 1 aromatic heterocycles. The normalized spacial score (nSPS) is 14.8. The second-order valence-electron chi connectivity index (χ2n) is 5.55. The molecular formula is C16H19N5O. The van der Waals surface area contributed by atoms with Crippen molar-refractivity contribution in [3.8, 4) is 0 Å². The molecule has 2 aromatic rings. The minimum Gasteiger partial charge on any atom is -0.366 e. The summed E-state index contributed by atoms with van der Waals surface area (Å²) in [6.07, 6.45) is 6.54. The van der Waals surface area contributed by atoms with Crippen LogP contribution in [-0.2, 0) is 0 Å². The summed E-state index contributed by atoms with van der Waals surface area (Å²) in [6, 6.07) is 7.70. The first kappa shape index (κ1) is 14.4. The van der Waals surface area contributed by atoms with Crippen molar-refractivity contribution in [2.75, 3.05) is 10.6 Å². The number of Topliss-reactive ketones (excluding diaryl/α,β-unsaturated/α-hetero) is 1. The topological polar surface area (TPSA) is 79.8 Å². The minimum atomic E-state index is 0.0484. The van der Waals surface area contributed by atoms with Crippen molar-refractivity contribution >= 4 is 23.2 Å². The molecule has 0 unspecified atom stereocenters. The molecule has 0 bridgehead atoms. The van der Waals surface area contributed by atoms with Crippen molar-refractivity contribution < 1.29 is 4.79 Å². The fourth-order valence-electron chi connectivity index (χ4n) is 2.62. The number of ketones is 1. The van der Waals surface area contributed by atoms with Crippen molar-refractivity contribution in [1.29, 1.82) is 0 Å². The number of benzene rings is 1. The maximum atomic E-state index is 11.3. The van der Waals surface area contributed by atoms with Gasteiger partial charge in [0, 0.05) is 17.3 Å². The highest BCUT2D eigenvalue weighted by molar-refractivity contribution is 5.94. The van der Waals surface area contributed by atoms with Crippen LogP contribution in [0.25, 0.3) is 0 Å². The standard InChI is InChI=1S/C16H19N5O/c1-11(22)12-6-8-14(9-7-12)19-16-20-15(10-17-21-16)18-13-4-2-3-5-13/h6-10,13H,2-5H2,1H3,(H2,18,19,20,21). The highest BCUT2D eigenvalue weighted by Gasteiger charge is 2.15. The smallest absolute Gasteiger partial charge is 0.249 e. The molecule has 2 N–H and O–H groups in total. The average Bonchev–Trinajstić information content (AvgIpc) is 3.01. The number of aromatic nitrogens is 3. The van der Waals surface area contributed by atoms with E-state index < -0.39 is 0 Å². The zero-order valence-electron chi connectivity index (χ0n) is 12.5. The van der Waals surface area contributed by atoms with Crippen LogP contribution in [0.2, 0.25) is 0 Å². The largest absolute Gasteiger partial charge is 0.366 e. The number of hydrogen-bond donors (Lipinski definition) is 2. The van der Waals surface area contributed by atoms with Crippen LogP contribution < -0.4 is 10.6 Å². The Hall–Kier alpha value is -2.50. The lowest BCUT2D eigenvalue weighted by Gasteiger charge is -2.12. The molecule has 6 nitrogen and oxygen atoms in total. The van der Waals surface area contributed by atoms with Crippen molar-refractivity contribution in [2.45, 2.75) is 38.6 Å². The number of hydrogen-bond acceptors (Lipinski definition) is 6. The van der Waals surface area contributed by atoms with E-state index in [1.54, 1.807) is 25.3 Å². The number of nitrogens with zero attached hydrogens (tertiary/aromatic N) is 3. The van der Waals surface area contributed by atoms with Crippen molar-refractivity contribution in [1.82, 2.24) is 15.2 Å². The van der Waals surface area contributed by atoms with Crippen LogP contribution in [0.4, 0.5) is 17.5 Å². The van der Waals surface area contributed by atoms with Gasteiger partial charge >= 0.3 is 0 Å². The van der Waals surface area contributed by atoms with E-state index >= 15 is 0 Å². The second-order valence-corrected chi connectivity index (χ2v) is 5.55. The summed E-state index contributed by atoms with van der Waals surface area (Å²) >= 11 is 0. The molecule has 6 heteroatoms. The number of anilines is 3. The summed E-state index contributed by atoms with van der Waals surface area (Å²) < 4.78 is 0. The molecule has 1 aromatic carbocycles. The molecule has 1 heterocycles. The maximum Gasteiger partial charge on any atom is 0.249 e. The molecule has 0 aliphatic heterocycles. The van der Waals surface area contributed by atoms with Crippen LogP contribution in [0.1, 0.15) is 43.0 Å². The summed E-state index contributed by atoms with van der Waals surface area (Å²) in [5.41, 5.74) is 1.51. The first-order chi connectivity index (χ1) is 10.7. The van der Waals surface area contributed by atoms with Crippen molar-refractivity contribution in [3.05, 3.63) is 36.0 Å². The van der Waals surface area contributed by atoms with Gasteiger partial charge in [0.1, 0.15) is 0 Å². The highest BCUT2D eigenvalue weighted by atomic mass is 16.1. The highest BCUT2D eigenvalue weighted by Crippen LogP contribution is 2.21. The van der Waals surface area contributed by atoms with Gasteiger partial charge in [0.25, 0.3) is 0 Å². The SMILES string of the molecule is CC(=O)c1ccc(Nc2nncc(NC3CCCC3)n2)cc1. The molecule has 0 spiro atoms. The fraction of sp³-hybridized carbons (Fsp3) is 0.375. The van der Waals surface area contributed by atoms with Crippen LogP contribution in [0.5, 0.6) is 0 Å². The zero-order chi connectivity index (χ0) is 15.4. The molecule has 1 aliphatic carbocycles. The molecule has 0 radical (unpaired) electrons. The Labute approximate surface area is 129 Å². The fourth-order valence-corrected chi connectivity index (χ4v) is 2.62. The number of carbonyl (C=O) groups is 1. The predicted octanol–water partition coefficient (Wildman–Crippen LogP) is 3.17. The molecule has 1 saturated carbocycles. The van der Waals surface area contributed by atoms with E-state index in [-0.39, 0.29) is 5.78 Å². The Balaban J connectivity index is 1.67. The third kappa shape index (κ3) is 3.58. The van der Waals surface area contributed by atoms with Gasteiger partial charge in [-0.05, 0) is 44.0 Å². The minimum absolute atomic E-state index is 0.0484. The summed E-state index contributed by atoms with van der Waals surface area (Å²) in [4.78, 5) is 15.7. The van der Waals surface area contributed by atoms with E-state index in [1.165, 1.54) is 25.7 Å². The summed E-state index contributed by atoms with van der Waals surface area (Å²) in [5, 5.41) is 14.5. The van der Waals surface area contributed by atoms with Gasteiger partial charge in [-0.1, -0.05) is 12.8 Å². The molecule has 0 saturated heterocycles. The van der Waals surface area contributed by atoms with Crippen LogP contribution in [-0.4, -0.2) is 27.0 Å². The molecule has 0 amide bonds. The van der Waals surface area contributed by atoms with E-state index in [0.717, 1.165) is 11.5 Å². The van der Waals surface area contributed by atoms with Gasteiger partial charge in [0.2, 0.25) is 5.95 Å². The van der Waals surface area contributed by atoms with Crippen molar-refractivity contribution in [3.63, 3.8) is 0 Å². The lowest BCUT2D eigenvalue weighted by atomic mass is 10.1. The molecule has 3 rings (SSSR count). The first-order valence-electron chi connectivity index (χ1n) is 7.55. The third-order valence-electron chi connectivity index (χ3n) is 3.81. The first-order valence-corrected chi connectivity index (χ1v) is 7.55. The third-order valence-corrected chi connectivity index (χ3v) is 3.81. The van der Waals surface area contributed by atoms with Crippen LogP contribution >= 0.6 is 0 Å². The number of carbonyl (C=O) groups excluding carboxylic acids is 1. The maximum absolute atomic E-state index is 11.3. The van der Waals surface area contributed by atoms with E-state index in [4.69, 9.17) is 0 Å². The van der Waals surface area contributed by atoms with Crippen LogP contribution in [0.3, 0.4) is 0 Å². The van der Waals surface area contributed by atoms with E-state index in [9.17, 15) is 4.79 Å². The average molecular weight is 297 g/mol. The van der Waals surface area contributed by atoms with Crippen molar-refractivity contribution in [2.24, 2.45) is 0 Å². The Kier molecular flexibility index (Phi) is 4.27. The van der Waals surface area contributed by atoms with Gasteiger partial charge in [-0.3, -0.25) is 4.79 Å². The van der Waals surface area contributed by atoms with Gasteiger partial charge < -0.3 is 10.6 Å². The summed E-state index contributed by atoms with van der Waals surface area (Å²) in [5.74, 6) is 1.23. The van der Waals surface area contributed by atoms with Gasteiger partial charge in [-0.25, -0.2) is 0 Å². The quantitative estimate of drug-likeness (QED) is 0.825. The predicted molar refractivity (Wildman–Crippen MR) is 85.4 cm³/mol. The van der Waals surface area contributed by atoms with E-state index in [1.807, 2.05) is 12.1 Å². The van der Waals surface area contributed by atoms with Gasteiger partial charge in [0.05, 0.1) is 6.20 Å². The van der Waals surface area contributed by atoms with E-state index in [0.29, 0.717) is 17.6 Å². The Bertz CT molecular complexity index is 650. The number of nitrogens with one attached hydrogen (secondary N) is 2. The van der Waals surface area contributed by atoms with Gasteiger partial charge in [0.15, 0.2) is 11.6 Å². The summed E-state index contributed by atoms with van der Waals surface area (Å²) in [7, 11) is 0. The van der Waals surface area contributed by atoms with Gasteiger partial charge in [-0.15, -0.1) is 5.10 Å².